The highest BCUT2D eigenvalue weighted by Gasteiger charge is 2.30. The Labute approximate surface area is 120 Å². The van der Waals surface area contributed by atoms with Crippen LogP contribution in [-0.2, 0) is 12.8 Å². The van der Waals surface area contributed by atoms with Crippen LogP contribution in [0.3, 0.4) is 0 Å². The van der Waals surface area contributed by atoms with E-state index >= 15 is 0 Å². The highest BCUT2D eigenvalue weighted by Crippen LogP contribution is 2.47. The Hall–Kier alpha value is -1.82. The fourth-order valence-electron chi connectivity index (χ4n) is 4.41. The number of allylic oxidation sites excluding steroid dienone is 8. The third-order valence-corrected chi connectivity index (χ3v) is 5.31. The summed E-state index contributed by atoms with van der Waals surface area (Å²) in [5.41, 5.74) is 12.8. The first-order chi connectivity index (χ1) is 9.92. The van der Waals surface area contributed by atoms with E-state index in [1.807, 2.05) is 0 Å². The zero-order valence-electron chi connectivity index (χ0n) is 11.7. The first-order valence-electron chi connectivity index (χ1n) is 7.84. The van der Waals surface area contributed by atoms with Crippen molar-refractivity contribution in [1.82, 2.24) is 0 Å². The second kappa shape index (κ2) is 3.85. The van der Waals surface area contributed by atoms with Gasteiger partial charge < -0.3 is 0 Å². The monoisotopic (exact) mass is 258 g/mol. The highest BCUT2D eigenvalue weighted by molar-refractivity contribution is 5.91. The maximum Gasteiger partial charge on any atom is -0.00168 e. The van der Waals surface area contributed by atoms with Crippen molar-refractivity contribution in [1.29, 1.82) is 0 Å². The topological polar surface area (TPSA) is 0 Å². The lowest BCUT2D eigenvalue weighted by Crippen LogP contribution is -1.96. The molecule has 0 heteroatoms. The summed E-state index contributed by atoms with van der Waals surface area (Å²) < 4.78 is 0. The van der Waals surface area contributed by atoms with Crippen LogP contribution in [0.1, 0.15) is 47.9 Å². The zero-order chi connectivity index (χ0) is 13.1. The van der Waals surface area contributed by atoms with E-state index in [-0.39, 0.29) is 0 Å². The molecule has 1 aromatic carbocycles. The summed E-state index contributed by atoms with van der Waals surface area (Å²) in [6.45, 7) is 0. The molecule has 4 aliphatic carbocycles. The largest absolute Gasteiger partial charge is 0.0839 e. The molecule has 0 N–H and O–H groups in total. The molecular formula is C20H18. The SMILES string of the molecule is C1=CC2=C(CC1)Cc1c2ccc2c1C1=C(C=CCC1)C2. The standard InChI is InChI=1S/C20H18/c1-3-7-16-14(6-1)12-19-18(16)10-9-15-11-13-5-2-4-8-17(13)20(15)19/h2-3,5,7,9-10H,1,4,6,8,11-12H2. The summed E-state index contributed by atoms with van der Waals surface area (Å²) >= 11 is 0. The summed E-state index contributed by atoms with van der Waals surface area (Å²) in [6, 6.07) is 4.77. The van der Waals surface area contributed by atoms with Crippen molar-refractivity contribution in [3.05, 3.63) is 69.8 Å². The third-order valence-electron chi connectivity index (χ3n) is 5.31. The molecule has 0 heterocycles. The van der Waals surface area contributed by atoms with Gasteiger partial charge >= 0.3 is 0 Å². The van der Waals surface area contributed by atoms with Gasteiger partial charge in [-0.1, -0.05) is 42.0 Å². The molecule has 0 amide bonds. The Kier molecular flexibility index (Phi) is 2.10. The molecule has 4 aliphatic rings. The number of rotatable bonds is 0. The summed E-state index contributed by atoms with van der Waals surface area (Å²) in [6.07, 6.45) is 16.7. The van der Waals surface area contributed by atoms with Crippen LogP contribution in [0.15, 0.2) is 47.6 Å². The minimum Gasteiger partial charge on any atom is -0.0839 e. The van der Waals surface area contributed by atoms with E-state index in [1.54, 1.807) is 33.4 Å². The number of fused-ring (bicyclic) bond motifs is 5. The van der Waals surface area contributed by atoms with E-state index in [1.165, 1.54) is 43.2 Å². The normalized spacial score (nSPS) is 22.0. The Morgan fingerprint density at radius 1 is 0.850 bits per heavy atom. The highest BCUT2D eigenvalue weighted by atomic mass is 14.3. The average Bonchev–Trinajstić information content (AvgIpc) is 3.04. The average molecular weight is 258 g/mol. The molecule has 0 saturated heterocycles. The molecule has 0 fully saturated rings. The van der Waals surface area contributed by atoms with E-state index in [4.69, 9.17) is 0 Å². The first-order valence-corrected chi connectivity index (χ1v) is 7.84. The lowest BCUT2D eigenvalue weighted by molar-refractivity contribution is 0.932. The van der Waals surface area contributed by atoms with Crippen LogP contribution in [0.25, 0.3) is 11.1 Å². The van der Waals surface area contributed by atoms with Crippen molar-refractivity contribution in [3.63, 3.8) is 0 Å². The van der Waals surface area contributed by atoms with E-state index in [2.05, 4.69) is 36.4 Å². The summed E-state index contributed by atoms with van der Waals surface area (Å²) in [5.74, 6) is 0. The third kappa shape index (κ3) is 1.32. The molecule has 5 rings (SSSR count). The van der Waals surface area contributed by atoms with Gasteiger partial charge in [0, 0.05) is 0 Å². The molecule has 0 nitrogen and oxygen atoms in total. The predicted molar refractivity (Wildman–Crippen MR) is 84.4 cm³/mol. The lowest BCUT2D eigenvalue weighted by Gasteiger charge is -2.14. The maximum absolute atomic E-state index is 2.39. The Morgan fingerprint density at radius 2 is 1.75 bits per heavy atom. The van der Waals surface area contributed by atoms with Gasteiger partial charge in [0.15, 0.2) is 0 Å². The van der Waals surface area contributed by atoms with Crippen LogP contribution >= 0.6 is 0 Å². The molecule has 0 aromatic heterocycles. The zero-order valence-corrected chi connectivity index (χ0v) is 11.7. The molecule has 0 unspecified atom stereocenters. The smallest absolute Gasteiger partial charge is 0.00168 e. The molecule has 0 radical (unpaired) electrons. The summed E-state index contributed by atoms with van der Waals surface area (Å²) in [7, 11) is 0. The second-order valence-electron chi connectivity index (χ2n) is 6.38. The molecule has 0 atom stereocenters. The first kappa shape index (κ1) is 10.9. The number of hydrogen-bond acceptors (Lipinski definition) is 0. The van der Waals surface area contributed by atoms with Crippen LogP contribution in [0.5, 0.6) is 0 Å². The van der Waals surface area contributed by atoms with Crippen LogP contribution in [-0.4, -0.2) is 0 Å². The van der Waals surface area contributed by atoms with Gasteiger partial charge in [0.2, 0.25) is 0 Å². The van der Waals surface area contributed by atoms with Gasteiger partial charge in [0.05, 0.1) is 0 Å². The fraction of sp³-hybridized carbons (Fsp3) is 0.300. The molecule has 0 spiro atoms. The van der Waals surface area contributed by atoms with Gasteiger partial charge in [0.25, 0.3) is 0 Å². The van der Waals surface area contributed by atoms with Gasteiger partial charge in [-0.2, -0.15) is 0 Å². The van der Waals surface area contributed by atoms with Gasteiger partial charge in [-0.15, -0.1) is 0 Å². The van der Waals surface area contributed by atoms with E-state index in [0.717, 1.165) is 6.42 Å². The molecule has 0 aliphatic heterocycles. The van der Waals surface area contributed by atoms with Crippen LogP contribution in [0.2, 0.25) is 0 Å². The van der Waals surface area contributed by atoms with E-state index in [0.29, 0.717) is 0 Å². The number of hydrogen-bond donors (Lipinski definition) is 0. The Balaban J connectivity index is 1.72. The molecule has 20 heavy (non-hydrogen) atoms. The quantitative estimate of drug-likeness (QED) is 0.614. The minimum atomic E-state index is 1.16. The molecular weight excluding hydrogens is 240 g/mol. The van der Waals surface area contributed by atoms with Gasteiger partial charge in [-0.05, 0) is 77.5 Å². The predicted octanol–water partition coefficient (Wildman–Crippen LogP) is 5.01. The van der Waals surface area contributed by atoms with E-state index in [9.17, 15) is 0 Å². The minimum absolute atomic E-state index is 1.16. The van der Waals surface area contributed by atoms with Crippen molar-refractivity contribution >= 4 is 11.1 Å². The summed E-state index contributed by atoms with van der Waals surface area (Å²) in [4.78, 5) is 0. The van der Waals surface area contributed by atoms with Crippen molar-refractivity contribution in [2.45, 2.75) is 38.5 Å². The van der Waals surface area contributed by atoms with Gasteiger partial charge in [-0.25, -0.2) is 0 Å². The van der Waals surface area contributed by atoms with Crippen LogP contribution in [0, 0.1) is 0 Å². The second-order valence-corrected chi connectivity index (χ2v) is 6.38. The van der Waals surface area contributed by atoms with Crippen molar-refractivity contribution in [2.75, 3.05) is 0 Å². The molecule has 1 aromatic rings. The van der Waals surface area contributed by atoms with Crippen LogP contribution in [0.4, 0.5) is 0 Å². The fourth-order valence-corrected chi connectivity index (χ4v) is 4.41. The van der Waals surface area contributed by atoms with Gasteiger partial charge in [0.1, 0.15) is 0 Å². The Bertz CT molecular complexity index is 750. The Morgan fingerprint density at radius 3 is 2.75 bits per heavy atom. The molecule has 0 bridgehead atoms. The lowest BCUT2D eigenvalue weighted by atomic mass is 9.90. The molecule has 0 saturated carbocycles. The van der Waals surface area contributed by atoms with Crippen molar-refractivity contribution < 1.29 is 0 Å². The van der Waals surface area contributed by atoms with E-state index < -0.39 is 0 Å². The maximum atomic E-state index is 2.39. The van der Waals surface area contributed by atoms with Crippen molar-refractivity contribution in [3.8, 4) is 0 Å². The van der Waals surface area contributed by atoms with Crippen LogP contribution < -0.4 is 0 Å². The summed E-state index contributed by atoms with van der Waals surface area (Å²) in [5, 5.41) is 0. The molecule has 98 valence electrons. The number of benzene rings is 1. The van der Waals surface area contributed by atoms with Crippen molar-refractivity contribution in [2.24, 2.45) is 0 Å². The van der Waals surface area contributed by atoms with Gasteiger partial charge in [-0.3, -0.25) is 0 Å².